The van der Waals surface area contributed by atoms with Crippen LogP contribution in [0.15, 0.2) is 22.7 Å². The molecule has 0 amide bonds. The fourth-order valence-corrected chi connectivity index (χ4v) is 3.29. The second kappa shape index (κ2) is 5.87. The van der Waals surface area contributed by atoms with E-state index in [4.69, 9.17) is 0 Å². The van der Waals surface area contributed by atoms with Gasteiger partial charge in [0.05, 0.1) is 16.7 Å². The molecule has 3 nitrogen and oxygen atoms in total. The molecule has 2 aromatic rings. The predicted molar refractivity (Wildman–Crippen MR) is 81.4 cm³/mol. The van der Waals surface area contributed by atoms with Gasteiger partial charge >= 0.3 is 0 Å². The molecular weight excluding hydrogens is 343 g/mol. The van der Waals surface area contributed by atoms with Gasteiger partial charge in [-0.3, -0.25) is 0 Å². The van der Waals surface area contributed by atoms with Gasteiger partial charge in [0.15, 0.2) is 0 Å². The van der Waals surface area contributed by atoms with Gasteiger partial charge in [0.2, 0.25) is 0 Å². The second-order valence-electron chi connectivity index (χ2n) is 5.69. The molecule has 1 aromatic carbocycles. The van der Waals surface area contributed by atoms with Crippen LogP contribution in [-0.2, 0) is 11.8 Å². The van der Waals surface area contributed by atoms with Gasteiger partial charge in [0.1, 0.15) is 5.82 Å². The third-order valence-corrected chi connectivity index (χ3v) is 4.52. The van der Waals surface area contributed by atoms with Crippen LogP contribution in [0.1, 0.15) is 43.0 Å². The predicted octanol–water partition coefficient (Wildman–Crippen LogP) is 4.01. The summed E-state index contributed by atoms with van der Waals surface area (Å²) < 4.78 is 17.7. The maximum atomic E-state index is 13.1. The number of hydrogen-bond acceptors (Lipinski definition) is 4. The maximum absolute atomic E-state index is 13.1. The summed E-state index contributed by atoms with van der Waals surface area (Å²) in [6, 6.07) is 4.47. The Labute approximate surface area is 130 Å². The minimum atomic E-state index is -0.689. The van der Waals surface area contributed by atoms with Crippen molar-refractivity contribution in [2.75, 3.05) is 0 Å². The Kier molecular flexibility index (Phi) is 4.56. The normalized spacial score (nSPS) is 13.5. The van der Waals surface area contributed by atoms with E-state index in [1.165, 1.54) is 23.7 Å². The van der Waals surface area contributed by atoms with Gasteiger partial charge in [0, 0.05) is 16.3 Å². The zero-order valence-corrected chi connectivity index (χ0v) is 13.9. The summed E-state index contributed by atoms with van der Waals surface area (Å²) in [5, 5.41) is 14.5. The molecule has 0 aliphatic rings. The number of hydrogen-bond donors (Lipinski definition) is 1. The van der Waals surface area contributed by atoms with Crippen molar-refractivity contribution in [3.05, 3.63) is 44.6 Å². The van der Waals surface area contributed by atoms with Crippen molar-refractivity contribution in [1.29, 1.82) is 0 Å². The number of aliphatic hydroxyl groups excluding tert-OH is 1. The van der Waals surface area contributed by atoms with Gasteiger partial charge in [-0.15, -0.1) is 5.10 Å². The van der Waals surface area contributed by atoms with Crippen molar-refractivity contribution in [3.63, 3.8) is 0 Å². The Bertz CT molecular complexity index is 609. The van der Waals surface area contributed by atoms with Gasteiger partial charge in [-0.2, -0.15) is 0 Å². The van der Waals surface area contributed by atoms with E-state index in [2.05, 4.69) is 25.5 Å². The highest BCUT2D eigenvalue weighted by Crippen LogP contribution is 2.33. The molecule has 0 saturated carbocycles. The van der Waals surface area contributed by atoms with E-state index < -0.39 is 6.10 Å². The molecule has 20 heavy (non-hydrogen) atoms. The van der Waals surface area contributed by atoms with E-state index in [1.54, 1.807) is 6.07 Å². The number of aromatic nitrogens is 2. The topological polar surface area (TPSA) is 46.0 Å². The Balaban J connectivity index is 2.25. The minimum Gasteiger partial charge on any atom is -0.387 e. The van der Waals surface area contributed by atoms with Crippen LogP contribution in [0.5, 0.6) is 0 Å². The van der Waals surface area contributed by atoms with Crippen molar-refractivity contribution >= 4 is 27.5 Å². The largest absolute Gasteiger partial charge is 0.387 e. The smallest absolute Gasteiger partial charge is 0.124 e. The molecule has 1 unspecified atom stereocenters. The Morgan fingerprint density at radius 3 is 2.70 bits per heavy atom. The Hall–Kier alpha value is -0.850. The monoisotopic (exact) mass is 358 g/mol. The molecule has 1 aromatic heterocycles. The standard InChI is InChI=1S/C14H16BrFN2OS/c1-14(2,3)13-12(20-18-17-13)11(19)6-8-4-5-9(16)7-10(8)15/h4-5,7,11,19H,6H2,1-3H3. The summed E-state index contributed by atoms with van der Waals surface area (Å²) in [6.45, 7) is 6.11. The third-order valence-electron chi connectivity index (χ3n) is 2.95. The van der Waals surface area contributed by atoms with Crippen LogP contribution in [-0.4, -0.2) is 14.7 Å². The molecule has 0 fully saturated rings. The molecule has 0 radical (unpaired) electrons. The average molecular weight is 359 g/mol. The molecule has 1 N–H and O–H groups in total. The molecule has 1 atom stereocenters. The van der Waals surface area contributed by atoms with Crippen LogP contribution >= 0.6 is 27.5 Å². The lowest BCUT2D eigenvalue weighted by Crippen LogP contribution is -2.16. The van der Waals surface area contributed by atoms with Crippen LogP contribution in [0.4, 0.5) is 4.39 Å². The molecule has 2 rings (SSSR count). The lowest BCUT2D eigenvalue weighted by molar-refractivity contribution is 0.179. The first-order valence-electron chi connectivity index (χ1n) is 6.23. The Morgan fingerprint density at radius 2 is 2.10 bits per heavy atom. The number of rotatable bonds is 3. The lowest BCUT2D eigenvalue weighted by Gasteiger charge is -2.19. The van der Waals surface area contributed by atoms with Crippen molar-refractivity contribution in [2.45, 2.75) is 38.7 Å². The summed E-state index contributed by atoms with van der Waals surface area (Å²) in [4.78, 5) is 0.772. The van der Waals surface area contributed by atoms with Gasteiger partial charge in [-0.05, 0) is 29.2 Å². The van der Waals surface area contributed by atoms with Crippen LogP contribution in [0, 0.1) is 5.82 Å². The van der Waals surface area contributed by atoms with E-state index in [0.717, 1.165) is 16.1 Å². The summed E-state index contributed by atoms with van der Waals surface area (Å²) in [6.07, 6.45) is -0.292. The van der Waals surface area contributed by atoms with Crippen molar-refractivity contribution in [2.24, 2.45) is 0 Å². The van der Waals surface area contributed by atoms with Gasteiger partial charge < -0.3 is 5.11 Å². The molecule has 6 heteroatoms. The first-order chi connectivity index (χ1) is 9.29. The van der Waals surface area contributed by atoms with E-state index in [-0.39, 0.29) is 11.2 Å². The van der Waals surface area contributed by atoms with Crippen molar-refractivity contribution < 1.29 is 9.50 Å². The quantitative estimate of drug-likeness (QED) is 0.901. The number of aliphatic hydroxyl groups is 1. The molecule has 0 aliphatic heterocycles. The molecule has 1 heterocycles. The molecule has 0 aliphatic carbocycles. The third kappa shape index (κ3) is 3.42. The SMILES string of the molecule is CC(C)(C)c1nnsc1C(O)Cc1ccc(F)cc1Br. The molecule has 0 bridgehead atoms. The van der Waals surface area contributed by atoms with E-state index in [0.29, 0.717) is 10.9 Å². The van der Waals surface area contributed by atoms with Gasteiger partial charge in [0.25, 0.3) is 0 Å². The first-order valence-corrected chi connectivity index (χ1v) is 7.80. The highest BCUT2D eigenvalue weighted by molar-refractivity contribution is 9.10. The maximum Gasteiger partial charge on any atom is 0.124 e. The number of nitrogens with zero attached hydrogens (tertiary/aromatic N) is 2. The highest BCUT2D eigenvalue weighted by atomic mass is 79.9. The van der Waals surface area contributed by atoms with Gasteiger partial charge in [-0.25, -0.2) is 4.39 Å². The summed E-state index contributed by atoms with van der Waals surface area (Å²) in [7, 11) is 0. The first kappa shape index (κ1) is 15.5. The van der Waals surface area contributed by atoms with Crippen LogP contribution in [0.2, 0.25) is 0 Å². The minimum absolute atomic E-state index is 0.163. The number of halogens is 2. The van der Waals surface area contributed by atoms with Crippen LogP contribution in [0.25, 0.3) is 0 Å². The zero-order chi connectivity index (χ0) is 14.9. The van der Waals surface area contributed by atoms with Crippen LogP contribution < -0.4 is 0 Å². The van der Waals surface area contributed by atoms with Crippen molar-refractivity contribution in [1.82, 2.24) is 9.59 Å². The summed E-state index contributed by atoms with van der Waals surface area (Å²) in [5.41, 5.74) is 1.50. The fraction of sp³-hybridized carbons (Fsp3) is 0.429. The average Bonchev–Trinajstić information content (AvgIpc) is 2.81. The fourth-order valence-electron chi connectivity index (χ4n) is 1.92. The Morgan fingerprint density at radius 1 is 1.40 bits per heavy atom. The number of benzene rings is 1. The zero-order valence-electron chi connectivity index (χ0n) is 11.5. The van der Waals surface area contributed by atoms with E-state index >= 15 is 0 Å². The highest BCUT2D eigenvalue weighted by Gasteiger charge is 2.26. The molecule has 0 saturated heterocycles. The lowest BCUT2D eigenvalue weighted by atomic mass is 9.89. The van der Waals surface area contributed by atoms with Crippen molar-refractivity contribution in [3.8, 4) is 0 Å². The second-order valence-corrected chi connectivity index (χ2v) is 7.33. The summed E-state index contributed by atoms with van der Waals surface area (Å²) >= 11 is 4.53. The summed E-state index contributed by atoms with van der Waals surface area (Å²) in [5.74, 6) is -0.301. The molecule has 0 spiro atoms. The van der Waals surface area contributed by atoms with E-state index in [1.807, 2.05) is 20.8 Å². The van der Waals surface area contributed by atoms with Crippen LogP contribution in [0.3, 0.4) is 0 Å². The molecule has 108 valence electrons. The molecular formula is C14H16BrFN2OS. The van der Waals surface area contributed by atoms with E-state index in [9.17, 15) is 9.50 Å². The van der Waals surface area contributed by atoms with Gasteiger partial charge in [-0.1, -0.05) is 47.3 Å².